The number of nitro benzene ring substituents is 1. The molecule has 1 atom stereocenters. The minimum absolute atomic E-state index is 0.105. The molecule has 9 nitrogen and oxygen atoms in total. The molecule has 0 radical (unpaired) electrons. The molecule has 0 saturated carbocycles. The lowest BCUT2D eigenvalue weighted by molar-refractivity contribution is -0.385. The number of amides is 1. The van der Waals surface area contributed by atoms with Crippen molar-refractivity contribution in [3.63, 3.8) is 0 Å². The molecule has 0 saturated heterocycles. The smallest absolute Gasteiger partial charge is 0.271 e. The van der Waals surface area contributed by atoms with Crippen LogP contribution < -0.4 is 10.1 Å². The van der Waals surface area contributed by atoms with Gasteiger partial charge in [-0.3, -0.25) is 14.9 Å². The number of benzene rings is 3. The number of nitro groups is 1. The predicted octanol–water partition coefficient (Wildman–Crippen LogP) is 4.05. The van der Waals surface area contributed by atoms with Crippen molar-refractivity contribution in [3.05, 3.63) is 99.7 Å². The third-order valence-corrected chi connectivity index (χ3v) is 6.87. The molecule has 4 rings (SSSR count). The average molecular weight is 494 g/mol. The SMILES string of the molecule is COc1ccc(C(CNC(=O)c2cc([N+](=O)[O-])cc(S(C)(=O)=O)c2)c2c[nH]c3ccccc23)cc1. The van der Waals surface area contributed by atoms with Gasteiger partial charge in [0.15, 0.2) is 9.84 Å². The Morgan fingerprint density at radius 3 is 2.49 bits per heavy atom. The maximum atomic E-state index is 13.0. The van der Waals surface area contributed by atoms with Crippen molar-refractivity contribution in [1.29, 1.82) is 0 Å². The van der Waals surface area contributed by atoms with E-state index in [1.54, 1.807) is 7.11 Å². The Hall–Kier alpha value is -4.18. The Balaban J connectivity index is 1.68. The van der Waals surface area contributed by atoms with Gasteiger partial charge >= 0.3 is 0 Å². The van der Waals surface area contributed by atoms with Crippen LogP contribution in [0.3, 0.4) is 0 Å². The molecule has 1 aromatic heterocycles. The number of sulfone groups is 1. The molecule has 0 fully saturated rings. The molecule has 4 aromatic rings. The fourth-order valence-corrected chi connectivity index (χ4v) is 4.63. The zero-order chi connectivity index (χ0) is 25.2. The first-order valence-electron chi connectivity index (χ1n) is 10.6. The number of para-hydroxylation sites is 1. The standard InChI is InChI=1S/C25H23N3O6S/c1-34-19-9-7-16(8-10-19)22(23-15-26-24-6-4-3-5-21(23)24)14-27-25(29)17-11-18(28(30)31)13-20(12-17)35(2,32)33/h3-13,15,22,26H,14H2,1-2H3,(H,27,29). The summed E-state index contributed by atoms with van der Waals surface area (Å²) in [5.74, 6) is -0.175. The fourth-order valence-electron chi connectivity index (χ4n) is 3.96. The second-order valence-corrected chi connectivity index (χ2v) is 10.1. The van der Waals surface area contributed by atoms with Crippen LogP contribution in [0.15, 0.2) is 77.8 Å². The fraction of sp³-hybridized carbons (Fsp3) is 0.160. The van der Waals surface area contributed by atoms with Crippen LogP contribution in [-0.2, 0) is 9.84 Å². The zero-order valence-electron chi connectivity index (χ0n) is 19.0. The molecule has 1 amide bonds. The summed E-state index contributed by atoms with van der Waals surface area (Å²) in [7, 11) is -2.18. The van der Waals surface area contributed by atoms with Crippen molar-refractivity contribution in [1.82, 2.24) is 10.3 Å². The third kappa shape index (κ3) is 5.17. The van der Waals surface area contributed by atoms with Gasteiger partial charge in [0.2, 0.25) is 0 Å². The van der Waals surface area contributed by atoms with Gasteiger partial charge in [-0.1, -0.05) is 30.3 Å². The maximum absolute atomic E-state index is 13.0. The number of ether oxygens (including phenoxy) is 1. The molecule has 0 aliphatic carbocycles. The van der Waals surface area contributed by atoms with Gasteiger partial charge in [-0.05, 0) is 35.4 Å². The summed E-state index contributed by atoms with van der Waals surface area (Å²) in [5.41, 5.74) is 2.26. The first-order chi connectivity index (χ1) is 16.7. The Bertz CT molecular complexity index is 1510. The van der Waals surface area contributed by atoms with Crippen molar-refractivity contribution in [2.75, 3.05) is 19.9 Å². The van der Waals surface area contributed by atoms with Crippen LogP contribution in [0.25, 0.3) is 10.9 Å². The highest BCUT2D eigenvalue weighted by Gasteiger charge is 2.22. The van der Waals surface area contributed by atoms with Gasteiger partial charge in [0.1, 0.15) is 5.75 Å². The van der Waals surface area contributed by atoms with Gasteiger partial charge < -0.3 is 15.0 Å². The van der Waals surface area contributed by atoms with E-state index in [2.05, 4.69) is 10.3 Å². The van der Waals surface area contributed by atoms with Crippen molar-refractivity contribution < 1.29 is 22.9 Å². The molecular weight excluding hydrogens is 470 g/mol. The normalized spacial score (nSPS) is 12.3. The molecule has 1 unspecified atom stereocenters. The number of rotatable bonds is 8. The van der Waals surface area contributed by atoms with Crippen LogP contribution in [0.2, 0.25) is 0 Å². The number of carbonyl (C=O) groups is 1. The van der Waals surface area contributed by atoms with Crippen molar-refractivity contribution in [2.45, 2.75) is 10.8 Å². The van der Waals surface area contributed by atoms with Crippen molar-refractivity contribution in [2.24, 2.45) is 0 Å². The molecule has 3 aromatic carbocycles. The first kappa shape index (κ1) is 24.0. The summed E-state index contributed by atoms with van der Waals surface area (Å²) in [5, 5.41) is 15.1. The summed E-state index contributed by atoms with van der Waals surface area (Å²) < 4.78 is 29.3. The number of carbonyl (C=O) groups excluding carboxylic acids is 1. The van der Waals surface area contributed by atoms with E-state index in [4.69, 9.17) is 4.74 Å². The number of nitrogens with zero attached hydrogens (tertiary/aromatic N) is 1. The van der Waals surface area contributed by atoms with Crippen molar-refractivity contribution >= 4 is 32.3 Å². The Morgan fingerprint density at radius 1 is 1.11 bits per heavy atom. The largest absolute Gasteiger partial charge is 0.497 e. The number of H-pyrrole nitrogens is 1. The Labute approximate surface area is 201 Å². The van der Waals surface area contributed by atoms with Gasteiger partial charge in [0.05, 0.1) is 16.9 Å². The quantitative estimate of drug-likeness (QED) is 0.281. The monoisotopic (exact) mass is 493 g/mol. The summed E-state index contributed by atoms with van der Waals surface area (Å²) >= 11 is 0. The van der Waals surface area contributed by atoms with E-state index in [-0.39, 0.29) is 22.9 Å². The molecule has 2 N–H and O–H groups in total. The van der Waals surface area contributed by atoms with E-state index in [1.165, 1.54) is 0 Å². The number of nitrogens with one attached hydrogen (secondary N) is 2. The van der Waals surface area contributed by atoms with Gasteiger partial charge in [-0.15, -0.1) is 0 Å². The number of non-ortho nitro benzene ring substituents is 1. The predicted molar refractivity (Wildman–Crippen MR) is 132 cm³/mol. The summed E-state index contributed by atoms with van der Waals surface area (Å²) in [6.45, 7) is 0.171. The second-order valence-electron chi connectivity index (χ2n) is 8.07. The molecule has 180 valence electrons. The van der Waals surface area contributed by atoms with Gasteiger partial charge in [0, 0.05) is 53.5 Å². The summed E-state index contributed by atoms with van der Waals surface area (Å²) in [6.07, 6.45) is 2.82. The van der Waals surface area contributed by atoms with Crippen LogP contribution in [-0.4, -0.2) is 44.1 Å². The lowest BCUT2D eigenvalue weighted by atomic mass is 9.90. The highest BCUT2D eigenvalue weighted by molar-refractivity contribution is 7.90. The minimum atomic E-state index is -3.76. The van der Waals surface area contributed by atoms with Crippen LogP contribution in [0.5, 0.6) is 5.75 Å². The van der Waals surface area contributed by atoms with E-state index in [0.717, 1.165) is 46.5 Å². The topological polar surface area (TPSA) is 131 Å². The lowest BCUT2D eigenvalue weighted by Gasteiger charge is -2.19. The third-order valence-electron chi connectivity index (χ3n) is 5.77. The van der Waals surface area contributed by atoms with Gasteiger partial charge in [0.25, 0.3) is 11.6 Å². The molecular formula is C25H23N3O6S. The zero-order valence-corrected chi connectivity index (χ0v) is 19.8. The van der Waals surface area contributed by atoms with Crippen LogP contribution in [0.4, 0.5) is 5.69 Å². The van der Waals surface area contributed by atoms with Crippen LogP contribution >= 0.6 is 0 Å². The minimum Gasteiger partial charge on any atom is -0.497 e. The van der Waals surface area contributed by atoms with E-state index in [1.807, 2.05) is 54.7 Å². The molecule has 10 heteroatoms. The number of hydrogen-bond acceptors (Lipinski definition) is 6. The first-order valence-corrected chi connectivity index (χ1v) is 12.5. The number of fused-ring (bicyclic) bond motifs is 1. The highest BCUT2D eigenvalue weighted by atomic mass is 32.2. The molecule has 35 heavy (non-hydrogen) atoms. The van der Waals surface area contributed by atoms with Gasteiger partial charge in [-0.25, -0.2) is 8.42 Å². The number of aromatic nitrogens is 1. The summed E-state index contributed by atoms with van der Waals surface area (Å²) in [4.78, 5) is 26.5. The maximum Gasteiger partial charge on any atom is 0.271 e. The molecule has 0 spiro atoms. The van der Waals surface area contributed by atoms with Crippen LogP contribution in [0.1, 0.15) is 27.4 Å². The van der Waals surface area contributed by atoms with Crippen molar-refractivity contribution in [3.8, 4) is 5.75 Å². The Kier molecular flexibility index (Phi) is 6.57. The number of methoxy groups -OCH3 is 1. The van der Waals surface area contributed by atoms with Crippen LogP contribution in [0, 0.1) is 10.1 Å². The average Bonchev–Trinajstić information content (AvgIpc) is 3.27. The molecule has 0 aliphatic heterocycles. The number of hydrogen-bond donors (Lipinski definition) is 2. The highest BCUT2D eigenvalue weighted by Crippen LogP contribution is 2.31. The lowest BCUT2D eigenvalue weighted by Crippen LogP contribution is -2.29. The van der Waals surface area contributed by atoms with E-state index in [9.17, 15) is 23.3 Å². The molecule has 1 heterocycles. The van der Waals surface area contributed by atoms with Gasteiger partial charge in [-0.2, -0.15) is 0 Å². The number of aromatic amines is 1. The Morgan fingerprint density at radius 2 is 1.83 bits per heavy atom. The summed E-state index contributed by atoms with van der Waals surface area (Å²) in [6, 6.07) is 18.4. The second kappa shape index (κ2) is 9.59. The van der Waals surface area contributed by atoms with E-state index >= 15 is 0 Å². The molecule has 0 aliphatic rings. The van der Waals surface area contributed by atoms with E-state index in [0.29, 0.717) is 5.75 Å². The van der Waals surface area contributed by atoms with E-state index < -0.39 is 26.4 Å². The molecule has 0 bridgehead atoms.